The van der Waals surface area contributed by atoms with Crippen LogP contribution in [0.15, 0.2) is 24.3 Å². The third kappa shape index (κ3) is 1.61. The van der Waals surface area contributed by atoms with Crippen LogP contribution in [0.5, 0.6) is 0 Å². The van der Waals surface area contributed by atoms with E-state index >= 15 is 0 Å². The Balaban J connectivity index is 1.93. The lowest BCUT2D eigenvalue weighted by atomic mass is 9.83. The zero-order chi connectivity index (χ0) is 10.4. The Morgan fingerprint density at radius 1 is 1.13 bits per heavy atom. The number of rotatable bonds is 1. The van der Waals surface area contributed by atoms with Crippen molar-refractivity contribution < 1.29 is 4.39 Å². The topological polar surface area (TPSA) is 0 Å². The summed E-state index contributed by atoms with van der Waals surface area (Å²) in [6.45, 7) is 0. The largest absolute Gasteiger partial charge is 0.207 e. The van der Waals surface area contributed by atoms with Crippen molar-refractivity contribution in [3.63, 3.8) is 0 Å². The Morgan fingerprint density at radius 3 is 2.60 bits per heavy atom. The van der Waals surface area contributed by atoms with Crippen LogP contribution in [0.1, 0.15) is 30.7 Å². The van der Waals surface area contributed by atoms with Gasteiger partial charge >= 0.3 is 0 Å². The third-order valence-electron chi connectivity index (χ3n) is 4.04. The SMILES string of the molecule is Fc1ccccc1[C@@H]1CC2CC1[C@@H](I)C2. The summed E-state index contributed by atoms with van der Waals surface area (Å²) in [6, 6.07) is 7.33. The molecule has 15 heavy (non-hydrogen) atoms. The number of fused-ring (bicyclic) bond motifs is 2. The third-order valence-corrected chi connectivity index (χ3v) is 5.47. The second kappa shape index (κ2) is 3.72. The Labute approximate surface area is 103 Å². The molecule has 2 aliphatic rings. The van der Waals surface area contributed by atoms with Gasteiger partial charge in [-0.15, -0.1) is 0 Å². The van der Waals surface area contributed by atoms with Crippen molar-refractivity contribution in [2.24, 2.45) is 11.8 Å². The van der Waals surface area contributed by atoms with Crippen molar-refractivity contribution >= 4 is 22.6 Å². The molecule has 0 nitrogen and oxygen atoms in total. The van der Waals surface area contributed by atoms with E-state index in [1.807, 2.05) is 12.1 Å². The molecule has 0 amide bonds. The van der Waals surface area contributed by atoms with Gasteiger partial charge < -0.3 is 0 Å². The lowest BCUT2D eigenvalue weighted by molar-refractivity contribution is 0.426. The van der Waals surface area contributed by atoms with Gasteiger partial charge in [0, 0.05) is 3.92 Å². The maximum atomic E-state index is 13.7. The fourth-order valence-electron chi connectivity index (χ4n) is 3.40. The molecular formula is C13H14FI. The average molecular weight is 316 g/mol. The molecule has 1 aromatic rings. The zero-order valence-corrected chi connectivity index (χ0v) is 10.7. The molecule has 2 unspecified atom stereocenters. The first kappa shape index (κ1) is 10.1. The smallest absolute Gasteiger partial charge is 0.126 e. The van der Waals surface area contributed by atoms with Gasteiger partial charge in [0.2, 0.25) is 0 Å². The quantitative estimate of drug-likeness (QED) is 0.539. The van der Waals surface area contributed by atoms with Gasteiger partial charge in [-0.05, 0) is 48.6 Å². The minimum atomic E-state index is -0.00125. The van der Waals surface area contributed by atoms with Crippen LogP contribution in [-0.4, -0.2) is 3.92 Å². The van der Waals surface area contributed by atoms with Crippen molar-refractivity contribution in [1.82, 2.24) is 0 Å². The normalized spacial score (nSPS) is 38.5. The van der Waals surface area contributed by atoms with Gasteiger partial charge in [-0.1, -0.05) is 40.8 Å². The average Bonchev–Trinajstić information content (AvgIpc) is 2.76. The number of hydrogen-bond acceptors (Lipinski definition) is 0. The summed E-state index contributed by atoms with van der Waals surface area (Å²) in [5, 5.41) is 0. The minimum absolute atomic E-state index is 0.00125. The van der Waals surface area contributed by atoms with Crippen molar-refractivity contribution in [2.45, 2.75) is 29.1 Å². The summed E-state index contributed by atoms with van der Waals surface area (Å²) < 4.78 is 14.5. The van der Waals surface area contributed by atoms with Gasteiger partial charge in [0.25, 0.3) is 0 Å². The van der Waals surface area contributed by atoms with Gasteiger partial charge in [-0.25, -0.2) is 4.39 Å². The van der Waals surface area contributed by atoms with Crippen molar-refractivity contribution in [2.75, 3.05) is 0 Å². The van der Waals surface area contributed by atoms with Crippen LogP contribution in [0.25, 0.3) is 0 Å². The molecule has 2 bridgehead atoms. The predicted molar refractivity (Wildman–Crippen MR) is 67.8 cm³/mol. The van der Waals surface area contributed by atoms with Gasteiger partial charge in [0.05, 0.1) is 0 Å². The summed E-state index contributed by atoms with van der Waals surface area (Å²) in [5.41, 5.74) is 0.964. The molecule has 0 spiro atoms. The molecule has 2 aliphatic carbocycles. The van der Waals surface area contributed by atoms with Crippen LogP contribution in [0.2, 0.25) is 0 Å². The fraction of sp³-hybridized carbons (Fsp3) is 0.538. The molecule has 2 saturated carbocycles. The van der Waals surface area contributed by atoms with Crippen molar-refractivity contribution in [3.8, 4) is 0 Å². The van der Waals surface area contributed by atoms with Crippen LogP contribution in [0, 0.1) is 17.7 Å². The van der Waals surface area contributed by atoms with E-state index in [0.29, 0.717) is 5.92 Å². The molecule has 2 fully saturated rings. The Bertz CT molecular complexity index is 377. The molecule has 0 saturated heterocycles. The van der Waals surface area contributed by atoms with Gasteiger partial charge in [-0.3, -0.25) is 0 Å². The summed E-state index contributed by atoms with van der Waals surface area (Å²) >= 11 is 2.56. The summed E-state index contributed by atoms with van der Waals surface area (Å²) in [7, 11) is 0. The summed E-state index contributed by atoms with van der Waals surface area (Å²) in [4.78, 5) is 0. The van der Waals surface area contributed by atoms with Crippen LogP contribution >= 0.6 is 22.6 Å². The number of hydrogen-bond donors (Lipinski definition) is 0. The maximum Gasteiger partial charge on any atom is 0.126 e. The predicted octanol–water partition coefficient (Wildman–Crippen LogP) is 4.14. The van der Waals surface area contributed by atoms with E-state index in [4.69, 9.17) is 0 Å². The van der Waals surface area contributed by atoms with E-state index in [-0.39, 0.29) is 5.82 Å². The van der Waals surface area contributed by atoms with E-state index < -0.39 is 0 Å². The van der Waals surface area contributed by atoms with E-state index in [1.54, 1.807) is 12.1 Å². The first-order valence-electron chi connectivity index (χ1n) is 5.64. The second-order valence-electron chi connectivity index (χ2n) is 4.88. The molecular weight excluding hydrogens is 302 g/mol. The highest BCUT2D eigenvalue weighted by Crippen LogP contribution is 2.55. The van der Waals surface area contributed by atoms with Crippen LogP contribution in [0.4, 0.5) is 4.39 Å². The highest BCUT2D eigenvalue weighted by atomic mass is 127. The maximum absolute atomic E-state index is 13.7. The van der Waals surface area contributed by atoms with E-state index in [9.17, 15) is 4.39 Å². The molecule has 0 N–H and O–H groups in total. The van der Waals surface area contributed by atoms with Crippen molar-refractivity contribution in [1.29, 1.82) is 0 Å². The molecule has 0 aliphatic heterocycles. The van der Waals surface area contributed by atoms with Crippen LogP contribution in [0.3, 0.4) is 0 Å². The Hall–Kier alpha value is -0.120. The van der Waals surface area contributed by atoms with Crippen LogP contribution in [-0.2, 0) is 0 Å². The van der Waals surface area contributed by atoms with E-state index in [0.717, 1.165) is 21.3 Å². The van der Waals surface area contributed by atoms with E-state index in [1.165, 1.54) is 19.3 Å². The molecule has 1 aromatic carbocycles. The van der Waals surface area contributed by atoms with Gasteiger partial charge in [0.15, 0.2) is 0 Å². The molecule has 80 valence electrons. The Morgan fingerprint density at radius 2 is 1.93 bits per heavy atom. The van der Waals surface area contributed by atoms with E-state index in [2.05, 4.69) is 22.6 Å². The lowest BCUT2D eigenvalue weighted by Gasteiger charge is -2.26. The molecule has 0 heterocycles. The zero-order valence-electron chi connectivity index (χ0n) is 8.50. The van der Waals surface area contributed by atoms with Crippen LogP contribution < -0.4 is 0 Å². The monoisotopic (exact) mass is 316 g/mol. The van der Waals surface area contributed by atoms with Crippen molar-refractivity contribution in [3.05, 3.63) is 35.6 Å². The van der Waals surface area contributed by atoms with Gasteiger partial charge in [-0.2, -0.15) is 0 Å². The summed E-state index contributed by atoms with van der Waals surface area (Å²) in [6.07, 6.45) is 3.90. The Kier molecular flexibility index (Phi) is 2.49. The molecule has 0 radical (unpaired) electrons. The summed E-state index contributed by atoms with van der Waals surface area (Å²) in [5.74, 6) is 2.08. The molecule has 2 heteroatoms. The number of alkyl halides is 1. The molecule has 3 rings (SSSR count). The number of halogens is 2. The lowest BCUT2D eigenvalue weighted by Crippen LogP contribution is -2.19. The highest BCUT2D eigenvalue weighted by Gasteiger charge is 2.46. The first-order valence-corrected chi connectivity index (χ1v) is 6.89. The number of benzene rings is 1. The fourth-order valence-corrected chi connectivity index (χ4v) is 4.91. The highest BCUT2D eigenvalue weighted by molar-refractivity contribution is 14.1. The molecule has 0 aromatic heterocycles. The first-order chi connectivity index (χ1) is 7.25. The second-order valence-corrected chi connectivity index (χ2v) is 6.48. The minimum Gasteiger partial charge on any atom is -0.207 e. The standard InChI is InChI=1S/C13H14FI/c14-12-4-2-1-3-9(12)10-5-8-6-11(10)13(15)7-8/h1-4,8,10-11,13H,5-7H2/t8?,10-,11?,13-/m0/s1. The molecule has 4 atom stereocenters. The van der Waals surface area contributed by atoms with Gasteiger partial charge in [0.1, 0.15) is 5.82 Å².